The zero-order chi connectivity index (χ0) is 22.5. The van der Waals surface area contributed by atoms with E-state index in [1.807, 2.05) is 24.3 Å². The predicted octanol–water partition coefficient (Wildman–Crippen LogP) is 4.89. The van der Waals surface area contributed by atoms with Gasteiger partial charge in [-0.15, -0.1) is 0 Å². The van der Waals surface area contributed by atoms with Gasteiger partial charge >= 0.3 is 0 Å². The Balaban J connectivity index is 1.83. The Kier molecular flexibility index (Phi) is 6.71. The van der Waals surface area contributed by atoms with Gasteiger partial charge in [0.15, 0.2) is 23.0 Å². The van der Waals surface area contributed by atoms with Gasteiger partial charge in [0.25, 0.3) is 0 Å². The SMILES string of the molecule is COc1ccc(-c2cc(-c3ccc(OC)c(OC)c3)cc(N3CCOCC3)c2)cc1OC. The van der Waals surface area contributed by atoms with Crippen LogP contribution in [0, 0.1) is 0 Å². The summed E-state index contributed by atoms with van der Waals surface area (Å²) in [4.78, 5) is 2.36. The van der Waals surface area contributed by atoms with Crippen LogP contribution in [0.15, 0.2) is 54.6 Å². The molecule has 0 N–H and O–H groups in total. The molecule has 1 aliphatic rings. The van der Waals surface area contributed by atoms with Crippen LogP contribution in [-0.4, -0.2) is 54.7 Å². The number of ether oxygens (including phenoxy) is 5. The van der Waals surface area contributed by atoms with Gasteiger partial charge < -0.3 is 28.6 Å². The van der Waals surface area contributed by atoms with Crippen molar-refractivity contribution >= 4 is 5.69 Å². The second kappa shape index (κ2) is 9.83. The molecule has 0 bridgehead atoms. The van der Waals surface area contributed by atoms with E-state index in [1.165, 1.54) is 0 Å². The van der Waals surface area contributed by atoms with E-state index in [1.54, 1.807) is 28.4 Å². The van der Waals surface area contributed by atoms with Crippen LogP contribution < -0.4 is 23.8 Å². The third-order valence-electron chi connectivity index (χ3n) is 5.73. The average Bonchev–Trinajstić information content (AvgIpc) is 2.88. The summed E-state index contributed by atoms with van der Waals surface area (Å²) >= 11 is 0. The van der Waals surface area contributed by atoms with Crippen molar-refractivity contribution in [3.8, 4) is 45.3 Å². The van der Waals surface area contributed by atoms with E-state index in [4.69, 9.17) is 23.7 Å². The number of anilines is 1. The van der Waals surface area contributed by atoms with Crippen molar-refractivity contribution in [1.29, 1.82) is 0 Å². The average molecular weight is 436 g/mol. The molecule has 1 heterocycles. The summed E-state index contributed by atoms with van der Waals surface area (Å²) in [5.41, 5.74) is 5.46. The Hall–Kier alpha value is -3.38. The number of methoxy groups -OCH3 is 4. The highest BCUT2D eigenvalue weighted by molar-refractivity contribution is 5.80. The largest absolute Gasteiger partial charge is 0.493 e. The Morgan fingerprint density at radius 3 is 1.47 bits per heavy atom. The highest BCUT2D eigenvalue weighted by atomic mass is 16.5. The summed E-state index contributed by atoms with van der Waals surface area (Å²) in [5, 5.41) is 0. The Morgan fingerprint density at radius 1 is 0.562 bits per heavy atom. The van der Waals surface area contributed by atoms with Gasteiger partial charge in [-0.05, 0) is 64.7 Å². The van der Waals surface area contributed by atoms with Crippen LogP contribution in [-0.2, 0) is 4.74 Å². The van der Waals surface area contributed by atoms with Crippen molar-refractivity contribution in [1.82, 2.24) is 0 Å². The molecule has 6 heteroatoms. The first-order valence-corrected chi connectivity index (χ1v) is 10.6. The number of rotatable bonds is 7. The van der Waals surface area contributed by atoms with E-state index in [2.05, 4.69) is 35.2 Å². The summed E-state index contributed by atoms with van der Waals surface area (Å²) in [6.45, 7) is 3.18. The second-order valence-electron chi connectivity index (χ2n) is 7.51. The van der Waals surface area contributed by atoms with E-state index in [-0.39, 0.29) is 0 Å². The lowest BCUT2D eigenvalue weighted by Crippen LogP contribution is -2.36. The first kappa shape index (κ1) is 21.8. The molecule has 1 fully saturated rings. The minimum atomic E-state index is 0.703. The smallest absolute Gasteiger partial charge is 0.161 e. The molecule has 0 aromatic heterocycles. The number of nitrogens with zero attached hydrogens (tertiary/aromatic N) is 1. The maximum Gasteiger partial charge on any atom is 0.161 e. The summed E-state index contributed by atoms with van der Waals surface area (Å²) in [7, 11) is 6.60. The van der Waals surface area contributed by atoms with E-state index < -0.39 is 0 Å². The highest BCUT2D eigenvalue weighted by Gasteiger charge is 2.16. The molecule has 3 aromatic carbocycles. The van der Waals surface area contributed by atoms with Crippen LogP contribution in [0.1, 0.15) is 0 Å². The quantitative estimate of drug-likeness (QED) is 0.527. The van der Waals surface area contributed by atoms with Gasteiger partial charge in [0.05, 0.1) is 41.7 Å². The molecule has 6 nitrogen and oxygen atoms in total. The molecule has 0 radical (unpaired) electrons. The molecule has 0 saturated carbocycles. The second-order valence-corrected chi connectivity index (χ2v) is 7.51. The molecular weight excluding hydrogens is 406 g/mol. The molecule has 3 aromatic rings. The number of morpholine rings is 1. The summed E-state index contributed by atoms with van der Waals surface area (Å²) in [5.74, 6) is 2.82. The molecule has 168 valence electrons. The molecule has 0 unspecified atom stereocenters. The number of hydrogen-bond donors (Lipinski definition) is 0. The van der Waals surface area contributed by atoms with Crippen LogP contribution >= 0.6 is 0 Å². The monoisotopic (exact) mass is 435 g/mol. The minimum absolute atomic E-state index is 0.703. The molecule has 32 heavy (non-hydrogen) atoms. The van der Waals surface area contributed by atoms with Crippen LogP contribution in [0.4, 0.5) is 5.69 Å². The van der Waals surface area contributed by atoms with Crippen molar-refractivity contribution < 1.29 is 23.7 Å². The van der Waals surface area contributed by atoms with Gasteiger partial charge in [-0.25, -0.2) is 0 Å². The predicted molar refractivity (Wildman–Crippen MR) is 127 cm³/mol. The molecular formula is C26H29NO5. The molecule has 0 atom stereocenters. The standard InChI is InChI=1S/C26H29NO5/c1-28-23-7-5-18(16-25(23)30-3)20-13-21(15-22(14-20)27-9-11-32-12-10-27)19-6-8-24(29-2)26(17-19)31-4/h5-8,13-17H,9-12H2,1-4H3. The molecule has 1 saturated heterocycles. The van der Waals surface area contributed by atoms with Crippen molar-refractivity contribution in [2.75, 3.05) is 59.6 Å². The molecule has 0 aliphatic carbocycles. The number of benzene rings is 3. The van der Waals surface area contributed by atoms with Crippen LogP contribution in [0.3, 0.4) is 0 Å². The van der Waals surface area contributed by atoms with Crippen molar-refractivity contribution in [2.24, 2.45) is 0 Å². The number of hydrogen-bond acceptors (Lipinski definition) is 6. The van der Waals surface area contributed by atoms with E-state index in [9.17, 15) is 0 Å². The van der Waals surface area contributed by atoms with Gasteiger partial charge in [-0.3, -0.25) is 0 Å². The van der Waals surface area contributed by atoms with Gasteiger partial charge in [0, 0.05) is 18.8 Å². The molecule has 0 amide bonds. The van der Waals surface area contributed by atoms with Gasteiger partial charge in [0.1, 0.15) is 0 Å². The lowest BCUT2D eigenvalue weighted by Gasteiger charge is -2.30. The fraction of sp³-hybridized carbons (Fsp3) is 0.308. The lowest BCUT2D eigenvalue weighted by atomic mass is 9.97. The zero-order valence-electron chi connectivity index (χ0n) is 19.0. The Morgan fingerprint density at radius 2 is 1.03 bits per heavy atom. The third kappa shape index (κ3) is 4.46. The van der Waals surface area contributed by atoms with E-state index in [0.29, 0.717) is 23.0 Å². The van der Waals surface area contributed by atoms with Crippen molar-refractivity contribution in [2.45, 2.75) is 0 Å². The molecule has 4 rings (SSSR count). The van der Waals surface area contributed by atoms with Gasteiger partial charge in [-0.1, -0.05) is 12.1 Å². The van der Waals surface area contributed by atoms with Crippen LogP contribution in [0.2, 0.25) is 0 Å². The normalized spacial score (nSPS) is 13.6. The summed E-state index contributed by atoms with van der Waals surface area (Å²) in [6, 6.07) is 18.6. The van der Waals surface area contributed by atoms with Gasteiger partial charge in [-0.2, -0.15) is 0 Å². The Labute approximate surface area is 189 Å². The minimum Gasteiger partial charge on any atom is -0.493 e. The topological polar surface area (TPSA) is 49.4 Å². The zero-order valence-corrected chi connectivity index (χ0v) is 19.0. The lowest BCUT2D eigenvalue weighted by molar-refractivity contribution is 0.122. The van der Waals surface area contributed by atoms with Crippen LogP contribution in [0.5, 0.6) is 23.0 Å². The fourth-order valence-electron chi connectivity index (χ4n) is 3.98. The Bertz CT molecular complexity index is 1000. The summed E-state index contributed by atoms with van der Waals surface area (Å²) in [6.07, 6.45) is 0. The third-order valence-corrected chi connectivity index (χ3v) is 5.73. The first-order chi connectivity index (χ1) is 15.7. The van der Waals surface area contributed by atoms with Gasteiger partial charge in [0.2, 0.25) is 0 Å². The highest BCUT2D eigenvalue weighted by Crippen LogP contribution is 2.38. The van der Waals surface area contributed by atoms with E-state index in [0.717, 1.165) is 54.2 Å². The summed E-state index contributed by atoms with van der Waals surface area (Å²) < 4.78 is 27.5. The fourth-order valence-corrected chi connectivity index (χ4v) is 3.98. The first-order valence-electron chi connectivity index (χ1n) is 10.6. The van der Waals surface area contributed by atoms with E-state index >= 15 is 0 Å². The van der Waals surface area contributed by atoms with Crippen molar-refractivity contribution in [3.63, 3.8) is 0 Å². The van der Waals surface area contributed by atoms with Crippen LogP contribution in [0.25, 0.3) is 22.3 Å². The molecule has 0 spiro atoms. The molecule has 1 aliphatic heterocycles. The maximum atomic E-state index is 5.56. The maximum absolute atomic E-state index is 5.56. The van der Waals surface area contributed by atoms with Crippen molar-refractivity contribution in [3.05, 3.63) is 54.6 Å².